The van der Waals surface area contributed by atoms with E-state index < -0.39 is 10.0 Å². The van der Waals surface area contributed by atoms with E-state index in [1.54, 1.807) is 54.1 Å². The maximum Gasteiger partial charge on any atom is 0.261 e. The first kappa shape index (κ1) is 22.5. The highest BCUT2D eigenvalue weighted by atomic mass is 32.2. The fourth-order valence-electron chi connectivity index (χ4n) is 4.09. The van der Waals surface area contributed by atoms with Gasteiger partial charge in [0.25, 0.3) is 10.0 Å². The van der Waals surface area contributed by atoms with Gasteiger partial charge in [-0.25, -0.2) is 18.4 Å². The summed E-state index contributed by atoms with van der Waals surface area (Å²) in [6.07, 6.45) is 6.16. The van der Waals surface area contributed by atoms with Crippen molar-refractivity contribution in [2.75, 3.05) is 10.1 Å². The van der Waals surface area contributed by atoms with E-state index in [9.17, 15) is 8.42 Å². The third-order valence-electron chi connectivity index (χ3n) is 5.97. The van der Waals surface area contributed by atoms with Crippen LogP contribution in [0.2, 0.25) is 0 Å². The molecule has 0 saturated carbocycles. The number of hydrogen-bond acceptors (Lipinski definition) is 7. The van der Waals surface area contributed by atoms with Crippen LogP contribution in [0, 0.1) is 6.92 Å². The second kappa shape index (κ2) is 9.15. The van der Waals surface area contributed by atoms with E-state index in [1.807, 2.05) is 26.0 Å². The normalized spacial score (nSPS) is 14.1. The third-order valence-corrected chi connectivity index (χ3v) is 8.56. The van der Waals surface area contributed by atoms with Crippen molar-refractivity contribution in [2.24, 2.45) is 5.10 Å². The van der Waals surface area contributed by atoms with Crippen LogP contribution in [0.3, 0.4) is 0 Å². The highest BCUT2D eigenvalue weighted by molar-refractivity contribution is 7.92. The quantitative estimate of drug-likeness (QED) is 0.274. The minimum absolute atomic E-state index is 0.232. The Labute approximate surface area is 203 Å². The standard InChI is InChI=1S/C25H25N5O2S2/c1-16-7-13-20(14-8-16)34(31,32)30-19-11-9-18(10-12-19)17(2)28-29-24-23-21-5-3-4-6-22(21)33-25(23)27-15-26-24/h7-15,30H,3-6H2,1-2H3,(H,26,27,29)/b28-17+. The molecule has 174 valence electrons. The fraction of sp³-hybridized carbons (Fsp3) is 0.240. The van der Waals surface area contributed by atoms with Crippen molar-refractivity contribution in [3.05, 3.63) is 76.4 Å². The van der Waals surface area contributed by atoms with Gasteiger partial charge in [-0.3, -0.25) is 10.1 Å². The smallest absolute Gasteiger partial charge is 0.261 e. The van der Waals surface area contributed by atoms with Gasteiger partial charge >= 0.3 is 0 Å². The van der Waals surface area contributed by atoms with E-state index in [4.69, 9.17) is 0 Å². The van der Waals surface area contributed by atoms with Crippen LogP contribution in [0.4, 0.5) is 11.5 Å². The van der Waals surface area contributed by atoms with Crippen LogP contribution >= 0.6 is 11.3 Å². The average Bonchev–Trinajstić information content (AvgIpc) is 3.22. The van der Waals surface area contributed by atoms with Crippen LogP contribution in [0.15, 0.2) is 64.9 Å². The second-order valence-corrected chi connectivity index (χ2v) is 11.2. The number of hydrogen-bond donors (Lipinski definition) is 2. The molecule has 4 aromatic rings. The molecule has 9 heteroatoms. The highest BCUT2D eigenvalue weighted by Gasteiger charge is 2.20. The van der Waals surface area contributed by atoms with E-state index in [1.165, 1.54) is 23.3 Å². The predicted octanol–water partition coefficient (Wildman–Crippen LogP) is 5.52. The maximum absolute atomic E-state index is 12.6. The van der Waals surface area contributed by atoms with Gasteiger partial charge in [-0.2, -0.15) is 5.10 Å². The number of fused-ring (bicyclic) bond motifs is 3. The lowest BCUT2D eigenvalue weighted by Gasteiger charge is -2.11. The summed E-state index contributed by atoms with van der Waals surface area (Å²) in [6, 6.07) is 13.9. The Hall–Kier alpha value is -3.30. The number of hydrazone groups is 1. The van der Waals surface area contributed by atoms with Gasteiger partial charge in [-0.15, -0.1) is 11.3 Å². The molecular weight excluding hydrogens is 466 g/mol. The Bertz CT molecular complexity index is 1470. The van der Waals surface area contributed by atoms with Gasteiger partial charge in [0.2, 0.25) is 0 Å². The molecule has 2 heterocycles. The number of nitrogens with one attached hydrogen (secondary N) is 2. The predicted molar refractivity (Wildman–Crippen MR) is 138 cm³/mol. The number of benzene rings is 2. The number of aromatic nitrogens is 2. The van der Waals surface area contributed by atoms with Gasteiger partial charge in [-0.05, 0) is 74.9 Å². The SMILES string of the molecule is C/C(=N\Nc1ncnc2sc3c(c12)CCCC3)c1ccc(NS(=O)(=O)c2ccc(C)cc2)cc1. The van der Waals surface area contributed by atoms with Crippen LogP contribution in [0.25, 0.3) is 10.2 Å². The van der Waals surface area contributed by atoms with Crippen molar-refractivity contribution in [3.8, 4) is 0 Å². The lowest BCUT2D eigenvalue weighted by Crippen LogP contribution is -2.13. The highest BCUT2D eigenvalue weighted by Crippen LogP contribution is 2.38. The topological polar surface area (TPSA) is 96.3 Å². The number of rotatable bonds is 6. The lowest BCUT2D eigenvalue weighted by atomic mass is 9.97. The molecule has 1 aliphatic rings. The van der Waals surface area contributed by atoms with Gasteiger partial charge in [0.1, 0.15) is 11.2 Å². The van der Waals surface area contributed by atoms with Crippen LogP contribution < -0.4 is 10.1 Å². The number of thiophene rings is 1. The first-order chi connectivity index (χ1) is 16.4. The molecule has 0 aliphatic heterocycles. The largest absolute Gasteiger partial charge is 0.280 e. The zero-order chi connectivity index (χ0) is 23.7. The van der Waals surface area contributed by atoms with Gasteiger partial charge in [-0.1, -0.05) is 29.8 Å². The molecule has 0 saturated heterocycles. The molecule has 34 heavy (non-hydrogen) atoms. The van der Waals surface area contributed by atoms with Crippen LogP contribution in [-0.4, -0.2) is 24.1 Å². The minimum Gasteiger partial charge on any atom is -0.280 e. The van der Waals surface area contributed by atoms with E-state index in [0.29, 0.717) is 5.69 Å². The number of sulfonamides is 1. The van der Waals surface area contributed by atoms with Crippen molar-refractivity contribution in [1.82, 2.24) is 9.97 Å². The van der Waals surface area contributed by atoms with E-state index >= 15 is 0 Å². The molecule has 0 bridgehead atoms. The Kier molecular flexibility index (Phi) is 6.05. The summed E-state index contributed by atoms with van der Waals surface area (Å²) in [6.45, 7) is 3.82. The summed E-state index contributed by atoms with van der Waals surface area (Å²) < 4.78 is 27.9. The molecule has 0 spiro atoms. The van der Waals surface area contributed by atoms with Crippen molar-refractivity contribution < 1.29 is 8.42 Å². The van der Waals surface area contributed by atoms with E-state index in [-0.39, 0.29) is 4.90 Å². The van der Waals surface area contributed by atoms with Crippen molar-refractivity contribution in [3.63, 3.8) is 0 Å². The van der Waals surface area contributed by atoms with Crippen molar-refractivity contribution in [1.29, 1.82) is 0 Å². The number of nitrogens with zero attached hydrogens (tertiary/aromatic N) is 3. The number of aryl methyl sites for hydroxylation is 3. The molecule has 2 N–H and O–H groups in total. The summed E-state index contributed by atoms with van der Waals surface area (Å²) in [4.78, 5) is 11.5. The zero-order valence-electron chi connectivity index (χ0n) is 19.0. The second-order valence-electron chi connectivity index (χ2n) is 8.42. The molecule has 1 aliphatic carbocycles. The van der Waals surface area contributed by atoms with Crippen LogP contribution in [-0.2, 0) is 22.9 Å². The molecule has 0 fully saturated rings. The summed E-state index contributed by atoms with van der Waals surface area (Å²) in [5, 5.41) is 5.63. The molecule has 2 aromatic carbocycles. The molecular formula is C25H25N5O2S2. The van der Waals surface area contributed by atoms with Gasteiger partial charge in [0, 0.05) is 10.6 Å². The monoisotopic (exact) mass is 491 g/mol. The fourth-order valence-corrected chi connectivity index (χ4v) is 6.37. The molecule has 0 amide bonds. The first-order valence-corrected chi connectivity index (χ1v) is 13.5. The third kappa shape index (κ3) is 4.53. The molecule has 7 nitrogen and oxygen atoms in total. The maximum atomic E-state index is 12.6. The Balaban J connectivity index is 1.33. The zero-order valence-corrected chi connectivity index (χ0v) is 20.6. The van der Waals surface area contributed by atoms with Crippen molar-refractivity contribution in [2.45, 2.75) is 44.4 Å². The van der Waals surface area contributed by atoms with Crippen LogP contribution in [0.5, 0.6) is 0 Å². The lowest BCUT2D eigenvalue weighted by molar-refractivity contribution is 0.601. The van der Waals surface area contributed by atoms with E-state index in [2.05, 4.69) is 25.2 Å². The number of anilines is 2. The Morgan fingerprint density at radius 3 is 2.50 bits per heavy atom. The van der Waals surface area contributed by atoms with Gasteiger partial charge in [0.15, 0.2) is 5.82 Å². The minimum atomic E-state index is -3.64. The Morgan fingerprint density at radius 1 is 1.00 bits per heavy atom. The summed E-state index contributed by atoms with van der Waals surface area (Å²) in [5.41, 5.74) is 7.63. The summed E-state index contributed by atoms with van der Waals surface area (Å²) in [5.74, 6) is 0.728. The van der Waals surface area contributed by atoms with Crippen LogP contribution in [0.1, 0.15) is 41.3 Å². The average molecular weight is 492 g/mol. The Morgan fingerprint density at radius 2 is 1.74 bits per heavy atom. The summed E-state index contributed by atoms with van der Waals surface area (Å²) >= 11 is 1.75. The van der Waals surface area contributed by atoms with E-state index in [0.717, 1.165) is 45.7 Å². The van der Waals surface area contributed by atoms with Gasteiger partial charge < -0.3 is 0 Å². The first-order valence-electron chi connectivity index (χ1n) is 11.2. The summed E-state index contributed by atoms with van der Waals surface area (Å²) in [7, 11) is -3.64. The molecule has 0 atom stereocenters. The molecule has 5 rings (SSSR count). The van der Waals surface area contributed by atoms with Gasteiger partial charge in [0.05, 0.1) is 16.0 Å². The molecule has 0 radical (unpaired) electrons. The van der Waals surface area contributed by atoms with Crippen molar-refractivity contribution >= 4 is 48.8 Å². The molecule has 2 aromatic heterocycles. The molecule has 0 unspecified atom stereocenters.